The van der Waals surface area contributed by atoms with E-state index in [9.17, 15) is 15.0 Å². The van der Waals surface area contributed by atoms with E-state index in [1.807, 2.05) is 24.3 Å². The summed E-state index contributed by atoms with van der Waals surface area (Å²) in [5, 5.41) is 33.4. The Hall–Kier alpha value is -4.00. The first-order valence-corrected chi connectivity index (χ1v) is 8.70. The predicted octanol–water partition coefficient (Wildman–Crippen LogP) is 3.84. The highest BCUT2D eigenvalue weighted by molar-refractivity contribution is 6.08. The molecule has 0 fully saturated rings. The number of nitrogens with zero attached hydrogens (tertiary/aromatic N) is 1. The average Bonchev–Trinajstić information content (AvgIpc) is 3.12. The van der Waals surface area contributed by atoms with Crippen LogP contribution in [0.15, 0.2) is 66.7 Å². The zero-order valence-corrected chi connectivity index (χ0v) is 14.8. The van der Waals surface area contributed by atoms with Gasteiger partial charge in [0, 0.05) is 28.7 Å². The van der Waals surface area contributed by atoms with Gasteiger partial charge < -0.3 is 20.8 Å². The van der Waals surface area contributed by atoms with Crippen molar-refractivity contribution in [3.63, 3.8) is 0 Å². The molecule has 1 heterocycles. The van der Waals surface area contributed by atoms with Gasteiger partial charge in [-0.25, -0.2) is 0 Å². The van der Waals surface area contributed by atoms with E-state index in [0.717, 1.165) is 16.6 Å². The van der Waals surface area contributed by atoms with Crippen LogP contribution in [0.2, 0.25) is 0 Å². The highest BCUT2D eigenvalue weighted by Crippen LogP contribution is 2.29. The Morgan fingerprint density at radius 2 is 1.82 bits per heavy atom. The molecule has 0 atom stereocenters. The fraction of sp³-hybridized carbons (Fsp3) is 0.0476. The Kier molecular flexibility index (Phi) is 4.55. The fourth-order valence-electron chi connectivity index (χ4n) is 2.91. The maximum atomic E-state index is 12.4. The number of aromatic nitrogens is 2. The van der Waals surface area contributed by atoms with E-state index >= 15 is 0 Å². The van der Waals surface area contributed by atoms with Gasteiger partial charge in [0.25, 0.3) is 5.91 Å². The standard InChI is InChI=1S/C21H18N4O3/c26-18-8-4-7-14(19(18)27)12-22-15-9-10-17-16(11-15)20(25-24-17)23-21(28)13-5-2-1-3-6-13/h1-11,22,26-27H,12H2,(H2,23,24,25,28). The van der Waals surface area contributed by atoms with Crippen LogP contribution in [0.5, 0.6) is 11.5 Å². The monoisotopic (exact) mass is 374 g/mol. The van der Waals surface area contributed by atoms with Crippen LogP contribution in [-0.4, -0.2) is 26.3 Å². The number of amides is 1. The summed E-state index contributed by atoms with van der Waals surface area (Å²) in [6.07, 6.45) is 0. The van der Waals surface area contributed by atoms with Crippen LogP contribution in [-0.2, 0) is 6.54 Å². The van der Waals surface area contributed by atoms with Crippen LogP contribution >= 0.6 is 0 Å². The van der Waals surface area contributed by atoms with Gasteiger partial charge in [0.1, 0.15) is 0 Å². The van der Waals surface area contributed by atoms with Gasteiger partial charge in [-0.05, 0) is 36.4 Å². The first-order valence-electron chi connectivity index (χ1n) is 8.70. The third-order valence-electron chi connectivity index (χ3n) is 4.41. The summed E-state index contributed by atoms with van der Waals surface area (Å²) in [6, 6.07) is 19.3. The number of carbonyl (C=O) groups excluding carboxylic acids is 1. The maximum absolute atomic E-state index is 12.4. The maximum Gasteiger partial charge on any atom is 0.256 e. The SMILES string of the molecule is O=C(Nc1n[nH]c2ccc(NCc3cccc(O)c3O)cc12)c1ccccc1. The van der Waals surface area contributed by atoms with Gasteiger partial charge in [-0.1, -0.05) is 30.3 Å². The molecule has 28 heavy (non-hydrogen) atoms. The first-order chi connectivity index (χ1) is 13.6. The second-order valence-electron chi connectivity index (χ2n) is 6.29. The minimum absolute atomic E-state index is 0.143. The van der Waals surface area contributed by atoms with Gasteiger partial charge in [-0.15, -0.1) is 0 Å². The Morgan fingerprint density at radius 1 is 1.00 bits per heavy atom. The number of fused-ring (bicyclic) bond motifs is 1. The van der Waals surface area contributed by atoms with E-state index in [4.69, 9.17) is 0 Å². The number of hydrogen-bond donors (Lipinski definition) is 5. The number of para-hydroxylation sites is 1. The number of phenolic OH excluding ortho intramolecular Hbond substituents is 2. The van der Waals surface area contributed by atoms with E-state index in [-0.39, 0.29) is 17.4 Å². The highest BCUT2D eigenvalue weighted by atomic mass is 16.3. The van der Waals surface area contributed by atoms with Gasteiger partial charge in [0.15, 0.2) is 17.3 Å². The first kappa shape index (κ1) is 17.4. The van der Waals surface area contributed by atoms with Gasteiger partial charge in [0.05, 0.1) is 5.52 Å². The minimum atomic E-state index is -0.239. The molecule has 0 saturated carbocycles. The second kappa shape index (κ2) is 7.32. The number of benzene rings is 3. The van der Waals surface area contributed by atoms with E-state index in [2.05, 4.69) is 20.8 Å². The van der Waals surface area contributed by atoms with Crippen molar-refractivity contribution in [2.45, 2.75) is 6.54 Å². The largest absolute Gasteiger partial charge is 0.504 e. The zero-order valence-electron chi connectivity index (χ0n) is 14.8. The Morgan fingerprint density at radius 3 is 2.64 bits per heavy atom. The number of nitrogens with one attached hydrogen (secondary N) is 3. The summed E-state index contributed by atoms with van der Waals surface area (Å²) in [5.74, 6) is -0.101. The third kappa shape index (κ3) is 3.45. The van der Waals surface area contributed by atoms with Crippen LogP contribution in [0, 0.1) is 0 Å². The minimum Gasteiger partial charge on any atom is -0.504 e. The number of phenols is 2. The van der Waals surface area contributed by atoms with Crippen molar-refractivity contribution in [2.24, 2.45) is 0 Å². The smallest absolute Gasteiger partial charge is 0.256 e. The van der Waals surface area contributed by atoms with Crippen LogP contribution in [0.3, 0.4) is 0 Å². The molecule has 0 aliphatic carbocycles. The average molecular weight is 374 g/mol. The number of H-pyrrole nitrogens is 1. The number of rotatable bonds is 5. The molecule has 0 saturated heterocycles. The van der Waals surface area contributed by atoms with E-state index in [1.54, 1.807) is 36.4 Å². The summed E-state index contributed by atoms with van der Waals surface area (Å²) in [6.45, 7) is 0.329. The normalized spacial score (nSPS) is 10.7. The van der Waals surface area contributed by atoms with Gasteiger partial charge in [0.2, 0.25) is 0 Å². The molecule has 3 aromatic carbocycles. The zero-order chi connectivity index (χ0) is 19.5. The van der Waals surface area contributed by atoms with Crippen LogP contribution in [0.25, 0.3) is 10.9 Å². The lowest BCUT2D eigenvalue weighted by molar-refractivity contribution is 0.102. The molecule has 4 rings (SSSR count). The van der Waals surface area contributed by atoms with E-state index in [0.29, 0.717) is 23.5 Å². The topological polar surface area (TPSA) is 110 Å². The molecule has 0 radical (unpaired) electrons. The molecule has 0 bridgehead atoms. The number of carbonyl (C=O) groups is 1. The molecule has 0 aliphatic rings. The summed E-state index contributed by atoms with van der Waals surface area (Å²) < 4.78 is 0. The summed E-state index contributed by atoms with van der Waals surface area (Å²) in [7, 11) is 0. The van der Waals surface area contributed by atoms with Crippen LogP contribution < -0.4 is 10.6 Å². The number of aromatic amines is 1. The van der Waals surface area contributed by atoms with Gasteiger partial charge >= 0.3 is 0 Å². The molecule has 7 nitrogen and oxygen atoms in total. The molecule has 140 valence electrons. The van der Waals surface area contributed by atoms with Crippen LogP contribution in [0.4, 0.5) is 11.5 Å². The lowest BCUT2D eigenvalue weighted by Crippen LogP contribution is -2.12. The van der Waals surface area contributed by atoms with Gasteiger partial charge in [-0.2, -0.15) is 5.10 Å². The molecule has 1 aromatic heterocycles. The van der Waals surface area contributed by atoms with E-state index < -0.39 is 0 Å². The van der Waals surface area contributed by atoms with Crippen LogP contribution in [0.1, 0.15) is 15.9 Å². The molecular formula is C21H18N4O3. The number of anilines is 2. The predicted molar refractivity (Wildman–Crippen MR) is 108 cm³/mol. The third-order valence-corrected chi connectivity index (χ3v) is 4.41. The van der Waals surface area contributed by atoms with Crippen molar-refractivity contribution >= 4 is 28.3 Å². The van der Waals surface area contributed by atoms with Crippen molar-refractivity contribution in [3.8, 4) is 11.5 Å². The summed E-state index contributed by atoms with van der Waals surface area (Å²) >= 11 is 0. The second-order valence-corrected chi connectivity index (χ2v) is 6.29. The molecule has 0 aliphatic heterocycles. The Bertz CT molecular complexity index is 1140. The Labute approximate surface area is 160 Å². The summed E-state index contributed by atoms with van der Waals surface area (Å²) in [4.78, 5) is 12.4. The van der Waals surface area contributed by atoms with Crippen molar-refractivity contribution < 1.29 is 15.0 Å². The summed E-state index contributed by atoms with van der Waals surface area (Å²) in [5.41, 5.74) is 2.69. The van der Waals surface area contributed by atoms with E-state index in [1.165, 1.54) is 6.07 Å². The van der Waals surface area contributed by atoms with Crippen molar-refractivity contribution in [1.29, 1.82) is 0 Å². The quantitative estimate of drug-likeness (QED) is 0.341. The molecule has 0 spiro atoms. The molecule has 5 N–H and O–H groups in total. The molecule has 4 aromatic rings. The molecule has 7 heteroatoms. The molecule has 0 unspecified atom stereocenters. The lowest BCUT2D eigenvalue weighted by atomic mass is 10.1. The lowest BCUT2D eigenvalue weighted by Gasteiger charge is -2.09. The fourth-order valence-corrected chi connectivity index (χ4v) is 2.91. The van der Waals surface area contributed by atoms with Crippen molar-refractivity contribution in [1.82, 2.24) is 10.2 Å². The van der Waals surface area contributed by atoms with Crippen molar-refractivity contribution in [3.05, 3.63) is 77.9 Å². The molecular weight excluding hydrogens is 356 g/mol. The van der Waals surface area contributed by atoms with Gasteiger partial charge in [-0.3, -0.25) is 9.89 Å². The number of aromatic hydroxyl groups is 2. The Balaban J connectivity index is 1.54. The number of hydrogen-bond acceptors (Lipinski definition) is 5. The highest BCUT2D eigenvalue weighted by Gasteiger charge is 2.12. The molecule has 1 amide bonds. The van der Waals surface area contributed by atoms with Crippen molar-refractivity contribution in [2.75, 3.05) is 10.6 Å².